The first-order chi connectivity index (χ1) is 13.7. The fourth-order valence-corrected chi connectivity index (χ4v) is 3.59. The maximum atomic E-state index is 14.5. The Labute approximate surface area is 168 Å². The number of halogens is 3. The number of amidine groups is 1. The molecule has 148 valence electrons. The molecule has 3 N–H and O–H groups in total. The fourth-order valence-electron chi connectivity index (χ4n) is 2.74. The summed E-state index contributed by atoms with van der Waals surface area (Å²) in [5.41, 5.74) is 4.75. The molecule has 1 aliphatic rings. The zero-order valence-corrected chi connectivity index (χ0v) is 15.8. The van der Waals surface area contributed by atoms with E-state index in [9.17, 15) is 18.0 Å². The minimum Gasteiger partial charge on any atom is -0.378 e. The Morgan fingerprint density at radius 1 is 1.34 bits per heavy atom. The predicted molar refractivity (Wildman–Crippen MR) is 104 cm³/mol. The SMILES string of the molecule is C[C@@]1(c2cc(NC(=O)c3ccc(C#N)cn3)ccc2F)C=C(C(F)F)SC(N)=N1. The van der Waals surface area contributed by atoms with Gasteiger partial charge in [-0.2, -0.15) is 5.26 Å². The number of benzene rings is 1. The number of carbonyl (C=O) groups is 1. The molecule has 6 nitrogen and oxygen atoms in total. The molecule has 1 amide bonds. The Morgan fingerprint density at radius 2 is 2.10 bits per heavy atom. The lowest BCUT2D eigenvalue weighted by Crippen LogP contribution is -2.27. The van der Waals surface area contributed by atoms with Crippen molar-refractivity contribution in [1.82, 2.24) is 4.98 Å². The second kappa shape index (κ2) is 7.97. The van der Waals surface area contributed by atoms with Gasteiger partial charge in [-0.3, -0.25) is 4.79 Å². The first-order valence-corrected chi connectivity index (χ1v) is 9.05. The first kappa shape index (κ1) is 20.4. The van der Waals surface area contributed by atoms with Gasteiger partial charge in [0.2, 0.25) is 0 Å². The zero-order valence-electron chi connectivity index (χ0n) is 15.0. The van der Waals surface area contributed by atoms with Crippen molar-refractivity contribution in [1.29, 1.82) is 5.26 Å². The number of aliphatic imine (C=N–C) groups is 1. The number of nitrogens with two attached hydrogens (primary N) is 1. The summed E-state index contributed by atoms with van der Waals surface area (Å²) in [4.78, 5) is 20.0. The molecule has 0 radical (unpaired) electrons. The van der Waals surface area contributed by atoms with Gasteiger partial charge in [0.1, 0.15) is 23.1 Å². The van der Waals surface area contributed by atoms with Gasteiger partial charge in [-0.25, -0.2) is 23.1 Å². The molecular weight excluding hydrogens is 403 g/mol. The first-order valence-electron chi connectivity index (χ1n) is 8.23. The molecule has 1 aromatic heterocycles. The standard InChI is InChI=1S/C19H14F3N5OS/c1-19(7-15(16(21)22)29-18(24)27-19)12-6-11(3-4-13(12)20)26-17(28)14-5-2-10(8-23)9-25-14/h2-7,9,16H,1H3,(H2,24,27)(H,26,28)/t19-/m0/s1. The van der Waals surface area contributed by atoms with Crippen LogP contribution in [0.3, 0.4) is 0 Å². The third-order valence-electron chi connectivity index (χ3n) is 4.10. The Morgan fingerprint density at radius 3 is 2.72 bits per heavy atom. The molecule has 0 saturated heterocycles. The van der Waals surface area contributed by atoms with Gasteiger partial charge in [0.25, 0.3) is 12.3 Å². The molecule has 2 aromatic rings. The second-order valence-electron chi connectivity index (χ2n) is 6.24. The number of carbonyl (C=O) groups excluding carboxylic acids is 1. The minimum atomic E-state index is -2.78. The molecule has 0 unspecified atom stereocenters. The molecule has 1 atom stereocenters. The number of rotatable bonds is 4. The Bertz CT molecular complexity index is 1060. The van der Waals surface area contributed by atoms with Gasteiger partial charge in [0.05, 0.1) is 10.5 Å². The quantitative estimate of drug-likeness (QED) is 0.788. The van der Waals surface area contributed by atoms with Gasteiger partial charge in [-0.1, -0.05) is 11.8 Å². The molecule has 2 heterocycles. The number of allylic oxidation sites excluding steroid dienone is 1. The third-order valence-corrected chi connectivity index (χ3v) is 4.93. The third kappa shape index (κ3) is 4.41. The lowest BCUT2D eigenvalue weighted by atomic mass is 9.91. The molecule has 0 aliphatic carbocycles. The van der Waals surface area contributed by atoms with Crippen LogP contribution in [-0.4, -0.2) is 22.5 Å². The van der Waals surface area contributed by atoms with Crippen LogP contribution in [0.5, 0.6) is 0 Å². The summed E-state index contributed by atoms with van der Waals surface area (Å²) in [6.45, 7) is 1.45. The number of hydrogen-bond donors (Lipinski definition) is 2. The molecular formula is C19H14F3N5OS. The van der Waals surface area contributed by atoms with E-state index in [1.165, 1.54) is 37.4 Å². The van der Waals surface area contributed by atoms with Crippen LogP contribution >= 0.6 is 11.8 Å². The highest BCUT2D eigenvalue weighted by Crippen LogP contribution is 2.40. The minimum absolute atomic E-state index is 0.0236. The summed E-state index contributed by atoms with van der Waals surface area (Å²) >= 11 is 0.628. The van der Waals surface area contributed by atoms with Gasteiger partial charge in [-0.05, 0) is 43.3 Å². The highest BCUT2D eigenvalue weighted by Gasteiger charge is 2.34. The van der Waals surface area contributed by atoms with E-state index in [-0.39, 0.29) is 27.0 Å². The largest absolute Gasteiger partial charge is 0.378 e. The number of nitrogens with one attached hydrogen (secondary N) is 1. The van der Waals surface area contributed by atoms with Crippen LogP contribution in [0.1, 0.15) is 28.5 Å². The molecule has 29 heavy (non-hydrogen) atoms. The highest BCUT2D eigenvalue weighted by atomic mass is 32.2. The molecule has 0 bridgehead atoms. The number of hydrogen-bond acceptors (Lipinski definition) is 6. The number of amides is 1. The van der Waals surface area contributed by atoms with Gasteiger partial charge >= 0.3 is 0 Å². The zero-order chi connectivity index (χ0) is 21.2. The summed E-state index contributed by atoms with van der Waals surface area (Å²) in [7, 11) is 0. The van der Waals surface area contributed by atoms with E-state index in [0.717, 1.165) is 12.1 Å². The van der Waals surface area contributed by atoms with E-state index in [0.29, 0.717) is 17.3 Å². The van der Waals surface area contributed by atoms with Gasteiger partial charge in [0.15, 0.2) is 5.17 Å². The highest BCUT2D eigenvalue weighted by molar-refractivity contribution is 8.17. The molecule has 1 aromatic carbocycles. The smallest absolute Gasteiger partial charge is 0.274 e. The number of nitrogens with zero attached hydrogens (tertiary/aromatic N) is 3. The topological polar surface area (TPSA) is 104 Å². The molecule has 0 fully saturated rings. The maximum absolute atomic E-state index is 14.5. The van der Waals surface area contributed by atoms with Crippen LogP contribution in [0.15, 0.2) is 52.5 Å². The van der Waals surface area contributed by atoms with E-state index in [1.54, 1.807) is 0 Å². The Balaban J connectivity index is 1.92. The van der Waals surface area contributed by atoms with Crippen LogP contribution in [0, 0.1) is 17.1 Å². The molecule has 3 rings (SSSR count). The second-order valence-corrected chi connectivity index (χ2v) is 7.33. The van der Waals surface area contributed by atoms with Crippen molar-refractivity contribution >= 4 is 28.5 Å². The van der Waals surface area contributed by atoms with Crippen molar-refractivity contribution in [3.05, 3.63) is 70.1 Å². The van der Waals surface area contributed by atoms with Crippen LogP contribution in [0.25, 0.3) is 0 Å². The van der Waals surface area contributed by atoms with Gasteiger partial charge in [-0.15, -0.1) is 0 Å². The van der Waals surface area contributed by atoms with Crippen LogP contribution < -0.4 is 11.1 Å². The van der Waals surface area contributed by atoms with Crippen molar-refractivity contribution < 1.29 is 18.0 Å². The molecule has 10 heteroatoms. The van der Waals surface area contributed by atoms with Crippen molar-refractivity contribution in [3.63, 3.8) is 0 Å². The normalized spacial score (nSPS) is 18.6. The summed E-state index contributed by atoms with van der Waals surface area (Å²) in [6.07, 6.45) is -0.369. The number of alkyl halides is 2. The number of nitriles is 1. The monoisotopic (exact) mass is 417 g/mol. The lowest BCUT2D eigenvalue weighted by Gasteiger charge is -2.28. The molecule has 0 saturated carbocycles. The summed E-state index contributed by atoms with van der Waals surface area (Å²) in [5.74, 6) is -1.27. The van der Waals surface area contributed by atoms with Gasteiger partial charge in [0, 0.05) is 17.4 Å². The van der Waals surface area contributed by atoms with E-state index in [4.69, 9.17) is 11.0 Å². The van der Waals surface area contributed by atoms with Crippen molar-refractivity contribution in [3.8, 4) is 6.07 Å². The molecule has 0 spiro atoms. The summed E-state index contributed by atoms with van der Waals surface area (Å²) in [5, 5.41) is 11.2. The van der Waals surface area contributed by atoms with E-state index < -0.39 is 23.7 Å². The number of anilines is 1. The fraction of sp³-hybridized carbons (Fsp3) is 0.158. The van der Waals surface area contributed by atoms with Crippen LogP contribution in [0.4, 0.5) is 18.9 Å². The Hall–Kier alpha value is -3.32. The lowest BCUT2D eigenvalue weighted by molar-refractivity contribution is 0.102. The summed E-state index contributed by atoms with van der Waals surface area (Å²) < 4.78 is 40.8. The van der Waals surface area contributed by atoms with Crippen molar-refractivity contribution in [2.24, 2.45) is 10.7 Å². The van der Waals surface area contributed by atoms with Crippen LogP contribution in [0.2, 0.25) is 0 Å². The maximum Gasteiger partial charge on any atom is 0.274 e. The number of thioether (sulfide) groups is 1. The predicted octanol–water partition coefficient (Wildman–Crippen LogP) is 3.77. The Kier molecular flexibility index (Phi) is 5.61. The number of pyridine rings is 1. The van der Waals surface area contributed by atoms with Crippen molar-refractivity contribution in [2.45, 2.75) is 18.9 Å². The van der Waals surface area contributed by atoms with Crippen LogP contribution in [-0.2, 0) is 5.54 Å². The average Bonchev–Trinajstić information content (AvgIpc) is 2.68. The van der Waals surface area contributed by atoms with E-state index in [2.05, 4.69) is 15.3 Å². The van der Waals surface area contributed by atoms with Crippen molar-refractivity contribution in [2.75, 3.05) is 5.32 Å². The summed E-state index contributed by atoms with van der Waals surface area (Å²) in [6, 6.07) is 8.44. The molecule has 1 aliphatic heterocycles. The number of aromatic nitrogens is 1. The average molecular weight is 417 g/mol. The van der Waals surface area contributed by atoms with E-state index >= 15 is 0 Å². The van der Waals surface area contributed by atoms with E-state index in [1.807, 2.05) is 6.07 Å². The van der Waals surface area contributed by atoms with Gasteiger partial charge < -0.3 is 11.1 Å².